The largest absolute Gasteiger partial charge is 0.480 e. The van der Waals surface area contributed by atoms with Crippen molar-refractivity contribution >= 4 is 29.7 Å². The number of hydrogen-bond acceptors (Lipinski definition) is 6. The van der Waals surface area contributed by atoms with Crippen molar-refractivity contribution in [1.29, 1.82) is 0 Å². The van der Waals surface area contributed by atoms with E-state index in [1.54, 1.807) is 0 Å². The van der Waals surface area contributed by atoms with Crippen LogP contribution in [-0.2, 0) is 19.1 Å². The molecule has 1 aliphatic rings. The maximum absolute atomic E-state index is 12.7. The van der Waals surface area contributed by atoms with E-state index in [1.165, 1.54) is 23.8 Å². The number of thioether (sulfide) groups is 1. The van der Waals surface area contributed by atoms with E-state index in [-0.39, 0.29) is 32.0 Å². The van der Waals surface area contributed by atoms with Crippen LogP contribution >= 0.6 is 11.8 Å². The number of nitrogens with one attached hydrogen (secondary N) is 1. The smallest absolute Gasteiger partial charge is 0.407 e. The molecule has 8 nitrogen and oxygen atoms in total. The van der Waals surface area contributed by atoms with Crippen LogP contribution in [0.5, 0.6) is 0 Å². The minimum atomic E-state index is -1.08. The molecular weight excluding hydrogens is 456 g/mol. The first-order chi connectivity index (χ1) is 16.5. The fourth-order valence-electron chi connectivity index (χ4n) is 4.13. The number of alkyl carbamates (subject to hydrolysis) is 1. The van der Waals surface area contributed by atoms with Gasteiger partial charge in [0.1, 0.15) is 19.3 Å². The van der Waals surface area contributed by atoms with Crippen molar-refractivity contribution in [1.82, 2.24) is 10.2 Å². The molecule has 0 fully saturated rings. The van der Waals surface area contributed by atoms with Crippen molar-refractivity contribution in [3.8, 4) is 11.1 Å². The van der Waals surface area contributed by atoms with Gasteiger partial charge in [0.2, 0.25) is 0 Å². The maximum Gasteiger partial charge on any atom is 0.407 e. The average molecular weight is 487 g/mol. The van der Waals surface area contributed by atoms with Gasteiger partial charge in [-0.05, 0) is 28.5 Å². The molecule has 0 spiro atoms. The molecule has 0 bridgehead atoms. The summed E-state index contributed by atoms with van der Waals surface area (Å²) in [5, 5.41) is 11.8. The van der Waals surface area contributed by atoms with Crippen LogP contribution in [0.2, 0.25) is 0 Å². The van der Waals surface area contributed by atoms with E-state index in [9.17, 15) is 14.4 Å². The molecule has 2 amide bonds. The second-order valence-electron chi connectivity index (χ2n) is 7.91. The number of amides is 2. The molecule has 2 aromatic carbocycles. The fraction of sp³-hybridized carbons (Fsp3) is 0.400. The van der Waals surface area contributed by atoms with Crippen molar-refractivity contribution in [3.63, 3.8) is 0 Å². The molecule has 0 saturated carbocycles. The van der Waals surface area contributed by atoms with Gasteiger partial charge in [0, 0.05) is 38.3 Å². The topological polar surface area (TPSA) is 105 Å². The number of carbonyl (C=O) groups is 3. The minimum absolute atomic E-state index is 0.0348. The summed E-state index contributed by atoms with van der Waals surface area (Å²) < 4.78 is 10.8. The summed E-state index contributed by atoms with van der Waals surface area (Å²) >= 11 is 1.52. The summed E-state index contributed by atoms with van der Waals surface area (Å²) in [6, 6.07) is 16.2. The Morgan fingerprint density at radius 3 is 2.26 bits per heavy atom. The van der Waals surface area contributed by atoms with Crippen LogP contribution in [0.25, 0.3) is 11.1 Å². The number of carboxylic acid groups (broad SMARTS) is 1. The van der Waals surface area contributed by atoms with Crippen LogP contribution in [-0.4, -0.2) is 79.4 Å². The fourth-order valence-corrected chi connectivity index (χ4v) is 4.54. The van der Waals surface area contributed by atoms with Crippen LogP contribution in [0.1, 0.15) is 23.5 Å². The lowest BCUT2D eigenvalue weighted by molar-refractivity contribution is -0.149. The van der Waals surface area contributed by atoms with Crippen molar-refractivity contribution in [3.05, 3.63) is 59.7 Å². The van der Waals surface area contributed by atoms with Crippen molar-refractivity contribution in [2.75, 3.05) is 45.4 Å². The zero-order valence-electron chi connectivity index (χ0n) is 19.4. The molecule has 0 heterocycles. The Labute approximate surface area is 203 Å². The van der Waals surface area contributed by atoms with E-state index in [0.29, 0.717) is 12.3 Å². The molecule has 0 aromatic heterocycles. The molecule has 1 unspecified atom stereocenters. The van der Waals surface area contributed by atoms with Gasteiger partial charge in [0.25, 0.3) is 5.91 Å². The molecule has 0 radical (unpaired) electrons. The van der Waals surface area contributed by atoms with E-state index in [2.05, 4.69) is 29.6 Å². The molecule has 3 rings (SSSR count). The summed E-state index contributed by atoms with van der Waals surface area (Å²) in [6.45, 7) is 0.281. The number of carboxylic acids is 1. The molecule has 1 aliphatic carbocycles. The normalized spacial score (nSPS) is 13.0. The number of fused-ring (bicyclic) bond motifs is 3. The predicted molar refractivity (Wildman–Crippen MR) is 131 cm³/mol. The summed E-state index contributed by atoms with van der Waals surface area (Å²) in [5.41, 5.74) is 4.57. The molecule has 2 aromatic rings. The van der Waals surface area contributed by atoms with Crippen LogP contribution < -0.4 is 5.32 Å². The summed E-state index contributed by atoms with van der Waals surface area (Å²) in [4.78, 5) is 37.4. The van der Waals surface area contributed by atoms with Gasteiger partial charge in [0.15, 0.2) is 0 Å². The molecule has 2 N–H and O–H groups in total. The van der Waals surface area contributed by atoms with Crippen molar-refractivity contribution in [2.24, 2.45) is 0 Å². The van der Waals surface area contributed by atoms with E-state index >= 15 is 0 Å². The molecule has 0 saturated heterocycles. The summed E-state index contributed by atoms with van der Waals surface area (Å²) in [6.07, 6.45) is 0.661. The third-order valence-corrected chi connectivity index (χ3v) is 6.37. The number of ether oxygens (including phenoxy) is 2. The van der Waals surface area contributed by atoms with Crippen LogP contribution in [0.15, 0.2) is 48.5 Å². The lowest BCUT2D eigenvalue weighted by atomic mass is 9.98. The van der Waals surface area contributed by atoms with Gasteiger partial charge in [-0.2, -0.15) is 11.8 Å². The Hall–Kier alpha value is -3.04. The quantitative estimate of drug-likeness (QED) is 0.475. The van der Waals surface area contributed by atoms with Crippen molar-refractivity contribution < 1.29 is 29.0 Å². The monoisotopic (exact) mass is 486 g/mol. The number of aliphatic carboxylic acids is 1. The van der Waals surface area contributed by atoms with Gasteiger partial charge in [-0.25, -0.2) is 4.79 Å². The first kappa shape index (κ1) is 25.6. The molecule has 182 valence electrons. The molecule has 9 heteroatoms. The molecular formula is C25H30N2O6S. The van der Waals surface area contributed by atoms with E-state index in [0.717, 1.165) is 22.3 Å². The second-order valence-corrected chi connectivity index (χ2v) is 8.90. The standard InChI is InChI=1S/C25H30N2O6S/c1-32-22(24(30)27(13-14-34-2)15-23(28)29)11-12-26-25(31)33-16-21-19-9-5-3-7-17(19)18-8-4-6-10-20(18)21/h3-10,21-22H,11-16H2,1-2H3,(H,26,31)(H,28,29). The minimum Gasteiger partial charge on any atom is -0.480 e. The van der Waals surface area contributed by atoms with Crippen LogP contribution in [0.3, 0.4) is 0 Å². The highest BCUT2D eigenvalue weighted by atomic mass is 32.2. The molecule has 1 atom stereocenters. The molecule has 0 aliphatic heterocycles. The average Bonchev–Trinajstić information content (AvgIpc) is 3.16. The summed E-state index contributed by atoms with van der Waals surface area (Å²) in [7, 11) is 1.39. The van der Waals surface area contributed by atoms with Gasteiger partial charge in [-0.3, -0.25) is 9.59 Å². The van der Waals surface area contributed by atoms with Gasteiger partial charge in [-0.1, -0.05) is 48.5 Å². The predicted octanol–water partition coefficient (Wildman–Crippen LogP) is 3.21. The highest BCUT2D eigenvalue weighted by Gasteiger charge is 2.29. The Bertz CT molecular complexity index is 969. The van der Waals surface area contributed by atoms with Gasteiger partial charge in [-0.15, -0.1) is 0 Å². The van der Waals surface area contributed by atoms with Crippen molar-refractivity contribution in [2.45, 2.75) is 18.4 Å². The lowest BCUT2D eigenvalue weighted by Crippen LogP contribution is -2.45. The van der Waals surface area contributed by atoms with Crippen LogP contribution in [0, 0.1) is 0 Å². The SMILES string of the molecule is COC(CCNC(=O)OCC1c2ccccc2-c2ccccc21)C(=O)N(CCSC)CC(=O)O. The van der Waals surface area contributed by atoms with E-state index < -0.39 is 24.1 Å². The van der Waals surface area contributed by atoms with Gasteiger partial charge in [0.05, 0.1) is 0 Å². The third kappa shape index (κ3) is 6.30. The highest BCUT2D eigenvalue weighted by molar-refractivity contribution is 7.98. The summed E-state index contributed by atoms with van der Waals surface area (Å²) in [5.74, 6) is -0.908. The van der Waals surface area contributed by atoms with E-state index in [4.69, 9.17) is 14.6 Å². The van der Waals surface area contributed by atoms with Gasteiger partial charge >= 0.3 is 12.1 Å². The van der Waals surface area contributed by atoms with E-state index in [1.807, 2.05) is 30.5 Å². The van der Waals surface area contributed by atoms with Crippen LogP contribution in [0.4, 0.5) is 4.79 Å². The third-order valence-electron chi connectivity index (χ3n) is 5.78. The zero-order valence-corrected chi connectivity index (χ0v) is 20.2. The second kappa shape index (κ2) is 12.4. The first-order valence-corrected chi connectivity index (χ1v) is 12.5. The maximum atomic E-state index is 12.7. The number of hydrogen-bond donors (Lipinski definition) is 2. The lowest BCUT2D eigenvalue weighted by Gasteiger charge is -2.25. The number of benzene rings is 2. The Morgan fingerprint density at radius 1 is 1.09 bits per heavy atom. The Morgan fingerprint density at radius 2 is 1.71 bits per heavy atom. The zero-order chi connectivity index (χ0) is 24.5. The van der Waals surface area contributed by atoms with Gasteiger partial charge < -0.3 is 24.8 Å². The first-order valence-electron chi connectivity index (χ1n) is 11.1. The number of methoxy groups -OCH3 is 1. The number of nitrogens with zero attached hydrogens (tertiary/aromatic N) is 1. The number of carbonyl (C=O) groups excluding carboxylic acids is 2. The Balaban J connectivity index is 1.51. The Kier molecular flexibility index (Phi) is 9.35. The number of rotatable bonds is 12. The highest BCUT2D eigenvalue weighted by Crippen LogP contribution is 2.44. The molecule has 34 heavy (non-hydrogen) atoms.